The van der Waals surface area contributed by atoms with Crippen molar-refractivity contribution in [3.05, 3.63) is 54.2 Å². The second kappa shape index (κ2) is 7.69. The second-order valence-corrected chi connectivity index (χ2v) is 7.13. The number of carbonyl (C=O) groups is 2. The average Bonchev–Trinajstić information content (AvgIpc) is 3.56. The summed E-state index contributed by atoms with van der Waals surface area (Å²) < 4.78 is 0. The molecule has 1 aliphatic carbocycles. The number of aromatic nitrogens is 1. The molecule has 0 radical (unpaired) electrons. The average molecular weight is 375 g/mol. The lowest BCUT2D eigenvalue weighted by molar-refractivity contribution is -0.134. The van der Waals surface area contributed by atoms with Crippen LogP contribution in [0.5, 0.6) is 0 Å². The molecule has 1 aromatic heterocycles. The van der Waals surface area contributed by atoms with Gasteiger partial charge in [0.15, 0.2) is 0 Å². The van der Waals surface area contributed by atoms with Crippen LogP contribution in [-0.4, -0.2) is 47.9 Å². The maximum atomic E-state index is 12.7. The van der Waals surface area contributed by atoms with Gasteiger partial charge in [-0.15, -0.1) is 0 Å². The Hall–Kier alpha value is -3.40. The Morgan fingerprint density at radius 3 is 2.43 bits per heavy atom. The van der Waals surface area contributed by atoms with Gasteiger partial charge in [0, 0.05) is 38.1 Å². The van der Waals surface area contributed by atoms with Gasteiger partial charge in [0.1, 0.15) is 5.82 Å². The predicted octanol–water partition coefficient (Wildman–Crippen LogP) is 1.88. The van der Waals surface area contributed by atoms with E-state index in [4.69, 9.17) is 5.26 Å². The van der Waals surface area contributed by atoms with E-state index in [2.05, 4.69) is 15.2 Å². The van der Waals surface area contributed by atoms with Crippen molar-refractivity contribution in [1.82, 2.24) is 9.88 Å². The van der Waals surface area contributed by atoms with Crippen LogP contribution in [0.3, 0.4) is 0 Å². The van der Waals surface area contributed by atoms with Crippen molar-refractivity contribution >= 4 is 23.3 Å². The fourth-order valence-corrected chi connectivity index (χ4v) is 3.55. The standard InChI is InChI=1S/C21H21N5O2/c22-14-15-4-6-16(7-5-15)24-20(27)17-13-18(17)21(28)26-11-9-25(10-12-26)19-3-1-2-8-23-19/h1-8,17-18H,9-13H2,(H,24,27). The minimum Gasteiger partial charge on any atom is -0.353 e. The summed E-state index contributed by atoms with van der Waals surface area (Å²) in [6, 6.07) is 14.6. The number of hydrogen-bond acceptors (Lipinski definition) is 5. The minimum absolute atomic E-state index is 0.0700. The molecule has 7 heteroatoms. The third-order valence-electron chi connectivity index (χ3n) is 5.29. The summed E-state index contributed by atoms with van der Waals surface area (Å²) in [6.45, 7) is 2.79. The van der Waals surface area contributed by atoms with E-state index in [1.807, 2.05) is 29.2 Å². The van der Waals surface area contributed by atoms with Gasteiger partial charge in [-0.05, 0) is 42.8 Å². The highest BCUT2D eigenvalue weighted by Crippen LogP contribution is 2.41. The third-order valence-corrected chi connectivity index (χ3v) is 5.29. The molecule has 7 nitrogen and oxygen atoms in total. The third kappa shape index (κ3) is 3.81. The van der Waals surface area contributed by atoms with E-state index in [1.165, 1.54) is 0 Å². The quantitative estimate of drug-likeness (QED) is 0.881. The molecule has 1 N–H and O–H groups in total. The maximum absolute atomic E-state index is 12.7. The van der Waals surface area contributed by atoms with Crippen LogP contribution in [0.25, 0.3) is 0 Å². The molecule has 0 bridgehead atoms. The van der Waals surface area contributed by atoms with Crippen molar-refractivity contribution in [3.63, 3.8) is 0 Å². The number of amides is 2. The van der Waals surface area contributed by atoms with Gasteiger partial charge in [-0.2, -0.15) is 5.26 Å². The van der Waals surface area contributed by atoms with Gasteiger partial charge in [0.2, 0.25) is 11.8 Å². The molecular weight excluding hydrogens is 354 g/mol. The number of carbonyl (C=O) groups excluding carboxylic acids is 2. The lowest BCUT2D eigenvalue weighted by Gasteiger charge is -2.35. The van der Waals surface area contributed by atoms with Crippen LogP contribution in [0.15, 0.2) is 48.7 Å². The van der Waals surface area contributed by atoms with E-state index in [0.717, 1.165) is 18.9 Å². The summed E-state index contributed by atoms with van der Waals surface area (Å²) in [5.41, 5.74) is 1.19. The molecule has 2 atom stereocenters. The first kappa shape index (κ1) is 18.0. The number of nitrogens with one attached hydrogen (secondary N) is 1. The van der Waals surface area contributed by atoms with Gasteiger partial charge < -0.3 is 15.1 Å². The molecule has 0 spiro atoms. The van der Waals surface area contributed by atoms with Gasteiger partial charge >= 0.3 is 0 Å². The van der Waals surface area contributed by atoms with E-state index in [9.17, 15) is 9.59 Å². The molecule has 2 unspecified atom stereocenters. The Balaban J connectivity index is 1.27. The van der Waals surface area contributed by atoms with Gasteiger partial charge in [-0.3, -0.25) is 9.59 Å². The Bertz CT molecular complexity index is 899. The highest BCUT2D eigenvalue weighted by Gasteiger charge is 2.49. The number of hydrogen-bond donors (Lipinski definition) is 1. The number of nitriles is 1. The van der Waals surface area contributed by atoms with Crippen LogP contribution < -0.4 is 10.2 Å². The van der Waals surface area contributed by atoms with Crippen LogP contribution in [0.1, 0.15) is 12.0 Å². The Morgan fingerprint density at radius 1 is 1.04 bits per heavy atom. The zero-order chi connectivity index (χ0) is 19.5. The van der Waals surface area contributed by atoms with Crippen LogP contribution >= 0.6 is 0 Å². The van der Waals surface area contributed by atoms with Crippen LogP contribution in [0.2, 0.25) is 0 Å². The molecule has 142 valence electrons. The summed E-state index contributed by atoms with van der Waals surface area (Å²) in [7, 11) is 0. The van der Waals surface area contributed by atoms with Crippen molar-refractivity contribution in [1.29, 1.82) is 5.26 Å². The Morgan fingerprint density at radius 2 is 1.79 bits per heavy atom. The van der Waals surface area contributed by atoms with Crippen LogP contribution in [-0.2, 0) is 9.59 Å². The topological polar surface area (TPSA) is 89.3 Å². The molecule has 1 aliphatic heterocycles. The number of anilines is 2. The Kier molecular flexibility index (Phi) is 4.94. The smallest absolute Gasteiger partial charge is 0.228 e. The molecule has 1 aromatic carbocycles. The first-order chi connectivity index (χ1) is 13.7. The van der Waals surface area contributed by atoms with E-state index in [0.29, 0.717) is 30.8 Å². The van der Waals surface area contributed by atoms with Gasteiger partial charge in [-0.1, -0.05) is 6.07 Å². The molecule has 28 heavy (non-hydrogen) atoms. The lowest BCUT2D eigenvalue weighted by Crippen LogP contribution is -2.49. The minimum atomic E-state index is -0.267. The molecule has 2 fully saturated rings. The fraction of sp³-hybridized carbons (Fsp3) is 0.333. The number of nitrogens with zero attached hydrogens (tertiary/aromatic N) is 4. The van der Waals surface area contributed by atoms with Gasteiger partial charge in [0.05, 0.1) is 23.5 Å². The largest absolute Gasteiger partial charge is 0.353 e. The Labute approximate surface area is 163 Å². The van der Waals surface area contributed by atoms with E-state index >= 15 is 0 Å². The number of rotatable bonds is 4. The van der Waals surface area contributed by atoms with Crippen molar-refractivity contribution in [2.45, 2.75) is 6.42 Å². The normalized spacial score (nSPS) is 21.0. The summed E-state index contributed by atoms with van der Waals surface area (Å²) in [5.74, 6) is 0.383. The second-order valence-electron chi connectivity index (χ2n) is 7.13. The molecule has 2 aromatic rings. The SMILES string of the molecule is N#Cc1ccc(NC(=O)C2CC2C(=O)N2CCN(c3ccccn3)CC2)cc1. The van der Waals surface area contributed by atoms with Crippen LogP contribution in [0, 0.1) is 23.2 Å². The number of piperazine rings is 1. The van der Waals surface area contributed by atoms with Crippen LogP contribution in [0.4, 0.5) is 11.5 Å². The highest BCUT2D eigenvalue weighted by atomic mass is 16.2. The molecular formula is C21H21N5O2. The first-order valence-corrected chi connectivity index (χ1v) is 9.41. The summed E-state index contributed by atoms with van der Waals surface area (Å²) >= 11 is 0. The monoisotopic (exact) mass is 375 g/mol. The van der Waals surface area contributed by atoms with Crippen molar-refractivity contribution in [3.8, 4) is 6.07 Å². The zero-order valence-corrected chi connectivity index (χ0v) is 15.4. The zero-order valence-electron chi connectivity index (χ0n) is 15.4. The summed E-state index contributed by atoms with van der Waals surface area (Å²) in [4.78, 5) is 33.5. The molecule has 1 saturated heterocycles. The molecule has 4 rings (SSSR count). The van der Waals surface area contributed by atoms with Crippen molar-refractivity contribution in [2.24, 2.45) is 11.8 Å². The summed E-state index contributed by atoms with van der Waals surface area (Å²) in [6.07, 6.45) is 2.37. The van der Waals surface area contributed by atoms with Crippen molar-refractivity contribution in [2.75, 3.05) is 36.4 Å². The van der Waals surface area contributed by atoms with Gasteiger partial charge in [-0.25, -0.2) is 4.98 Å². The van der Waals surface area contributed by atoms with Gasteiger partial charge in [0.25, 0.3) is 0 Å². The van der Waals surface area contributed by atoms with E-state index in [-0.39, 0.29) is 23.7 Å². The maximum Gasteiger partial charge on any atom is 0.228 e. The first-order valence-electron chi connectivity index (χ1n) is 9.41. The lowest BCUT2D eigenvalue weighted by atomic mass is 10.2. The fourth-order valence-electron chi connectivity index (χ4n) is 3.55. The molecule has 2 heterocycles. The molecule has 2 aliphatic rings. The predicted molar refractivity (Wildman–Crippen MR) is 104 cm³/mol. The highest BCUT2D eigenvalue weighted by molar-refractivity contribution is 5.99. The number of pyridine rings is 1. The van der Waals surface area contributed by atoms with E-state index in [1.54, 1.807) is 30.5 Å². The summed E-state index contributed by atoms with van der Waals surface area (Å²) in [5, 5.41) is 11.7. The molecule has 1 saturated carbocycles. The van der Waals surface area contributed by atoms with Crippen molar-refractivity contribution < 1.29 is 9.59 Å². The van der Waals surface area contributed by atoms with E-state index < -0.39 is 0 Å². The molecule has 2 amide bonds. The number of benzene rings is 1.